The van der Waals surface area contributed by atoms with E-state index in [0.717, 1.165) is 17.7 Å². The zero-order valence-electron chi connectivity index (χ0n) is 20.3. The normalized spacial score (nSPS) is 22.2. The summed E-state index contributed by atoms with van der Waals surface area (Å²) in [5.41, 5.74) is 2.90. The Labute approximate surface area is 199 Å². The molecule has 0 fully saturated rings. The highest BCUT2D eigenvalue weighted by atomic mass is 16.5. The summed E-state index contributed by atoms with van der Waals surface area (Å²) in [5, 5.41) is 0. The van der Waals surface area contributed by atoms with Gasteiger partial charge < -0.3 is 18.6 Å². The number of hydrogen-bond donors (Lipinski definition) is 0. The highest BCUT2D eigenvalue weighted by molar-refractivity contribution is 6.09. The Morgan fingerprint density at radius 3 is 2.50 bits per heavy atom. The van der Waals surface area contributed by atoms with Crippen molar-refractivity contribution in [2.75, 3.05) is 20.8 Å². The molecule has 2 aromatic rings. The van der Waals surface area contributed by atoms with Gasteiger partial charge in [-0.15, -0.1) is 0 Å². The van der Waals surface area contributed by atoms with Crippen molar-refractivity contribution in [3.8, 4) is 11.5 Å². The van der Waals surface area contributed by atoms with Crippen LogP contribution in [0.3, 0.4) is 0 Å². The van der Waals surface area contributed by atoms with Gasteiger partial charge in [-0.1, -0.05) is 13.0 Å². The second-order valence-corrected chi connectivity index (χ2v) is 8.83. The summed E-state index contributed by atoms with van der Waals surface area (Å²) >= 11 is 0. The molecule has 0 bridgehead atoms. The lowest BCUT2D eigenvalue weighted by molar-refractivity contribution is -0.146. The summed E-state index contributed by atoms with van der Waals surface area (Å²) in [7, 11) is 3.19. The van der Waals surface area contributed by atoms with Gasteiger partial charge in [0.05, 0.1) is 26.7 Å². The standard InChI is InChI=1S/C27H31NO6/c1-6-11-33-27(30)24-16(3)28-19-12-18(17-8-10-21(31-4)23(14-17)32-5)13-20(29)25(19)26(24)22-9-7-15(2)34-22/h7-10,14,18,24,26H,6,11-13H2,1-5H3. The number of rotatable bonds is 7. The lowest BCUT2D eigenvalue weighted by Crippen LogP contribution is -2.38. The Morgan fingerprint density at radius 1 is 1.09 bits per heavy atom. The SMILES string of the molecule is CCCOC(=O)C1C(C)=NC2=C(C(=O)CC(c3ccc(OC)c(OC)c3)C2)C1c1ccc(C)o1. The molecule has 0 saturated heterocycles. The van der Waals surface area contributed by atoms with Crippen LogP contribution in [0.2, 0.25) is 0 Å². The van der Waals surface area contributed by atoms with Gasteiger partial charge in [0.2, 0.25) is 0 Å². The molecule has 0 spiro atoms. The fourth-order valence-corrected chi connectivity index (χ4v) is 4.93. The Hall–Kier alpha value is -3.35. The van der Waals surface area contributed by atoms with E-state index in [9.17, 15) is 9.59 Å². The number of methoxy groups -OCH3 is 2. The molecule has 180 valence electrons. The molecule has 0 amide bonds. The molecule has 2 aliphatic rings. The van der Waals surface area contributed by atoms with E-state index in [-0.39, 0.29) is 17.7 Å². The van der Waals surface area contributed by atoms with Gasteiger partial charge in [-0.25, -0.2) is 0 Å². The van der Waals surface area contributed by atoms with E-state index in [2.05, 4.69) is 0 Å². The molecule has 3 unspecified atom stereocenters. The van der Waals surface area contributed by atoms with Crippen LogP contribution in [0.5, 0.6) is 11.5 Å². The minimum absolute atomic E-state index is 0.0235. The van der Waals surface area contributed by atoms with Crippen LogP contribution in [0.4, 0.5) is 0 Å². The molecule has 0 saturated carbocycles. The number of carbonyl (C=O) groups is 2. The maximum absolute atomic E-state index is 13.6. The van der Waals surface area contributed by atoms with E-state index in [4.69, 9.17) is 23.6 Å². The predicted octanol–water partition coefficient (Wildman–Crippen LogP) is 5.13. The quantitative estimate of drug-likeness (QED) is 0.527. The number of Topliss-reactive ketones (excluding diaryl/α,β-unsaturated/α-hetero) is 1. The van der Waals surface area contributed by atoms with Gasteiger partial charge in [0.1, 0.15) is 17.4 Å². The number of nitrogens with zero attached hydrogens (tertiary/aromatic N) is 1. The first-order valence-electron chi connectivity index (χ1n) is 11.6. The van der Waals surface area contributed by atoms with Crippen molar-refractivity contribution < 1.29 is 28.2 Å². The topological polar surface area (TPSA) is 87.3 Å². The van der Waals surface area contributed by atoms with Crippen LogP contribution >= 0.6 is 0 Å². The highest BCUT2D eigenvalue weighted by Gasteiger charge is 2.46. The summed E-state index contributed by atoms with van der Waals surface area (Å²) < 4.78 is 22.2. The van der Waals surface area contributed by atoms with E-state index < -0.39 is 11.8 Å². The summed E-state index contributed by atoms with van der Waals surface area (Å²) in [6.45, 7) is 5.95. The lowest BCUT2D eigenvalue weighted by atomic mass is 9.70. The predicted molar refractivity (Wildman–Crippen MR) is 128 cm³/mol. The molecule has 7 nitrogen and oxygen atoms in total. The number of carbonyl (C=O) groups excluding carboxylic acids is 2. The maximum Gasteiger partial charge on any atom is 0.315 e. The first-order valence-corrected chi connectivity index (χ1v) is 11.6. The van der Waals surface area contributed by atoms with Crippen molar-refractivity contribution >= 4 is 17.5 Å². The summed E-state index contributed by atoms with van der Waals surface area (Å²) in [6.07, 6.45) is 1.62. The highest BCUT2D eigenvalue weighted by Crippen LogP contribution is 2.47. The fourth-order valence-electron chi connectivity index (χ4n) is 4.93. The minimum atomic E-state index is -0.683. The van der Waals surface area contributed by atoms with Gasteiger partial charge in [0.25, 0.3) is 0 Å². The van der Waals surface area contributed by atoms with Crippen LogP contribution in [0, 0.1) is 12.8 Å². The largest absolute Gasteiger partial charge is 0.493 e. The maximum atomic E-state index is 13.6. The van der Waals surface area contributed by atoms with Gasteiger partial charge in [-0.2, -0.15) is 0 Å². The third-order valence-corrected chi connectivity index (χ3v) is 6.54. The average molecular weight is 466 g/mol. The van der Waals surface area contributed by atoms with E-state index >= 15 is 0 Å². The van der Waals surface area contributed by atoms with Crippen LogP contribution < -0.4 is 9.47 Å². The van der Waals surface area contributed by atoms with Crippen molar-refractivity contribution in [2.24, 2.45) is 10.9 Å². The molecule has 4 rings (SSSR count). The first-order chi connectivity index (χ1) is 16.4. The van der Waals surface area contributed by atoms with E-state index in [1.165, 1.54) is 0 Å². The van der Waals surface area contributed by atoms with Crippen molar-refractivity contribution in [2.45, 2.75) is 51.9 Å². The summed E-state index contributed by atoms with van der Waals surface area (Å²) in [6, 6.07) is 9.43. The van der Waals surface area contributed by atoms with E-state index in [0.29, 0.717) is 53.7 Å². The van der Waals surface area contributed by atoms with E-state index in [1.54, 1.807) is 14.2 Å². The third-order valence-electron chi connectivity index (χ3n) is 6.54. The van der Waals surface area contributed by atoms with Crippen LogP contribution in [0.15, 0.2) is 51.0 Å². The van der Waals surface area contributed by atoms with E-state index in [1.807, 2.05) is 51.1 Å². The Balaban J connectivity index is 1.74. The van der Waals surface area contributed by atoms with Gasteiger partial charge >= 0.3 is 5.97 Å². The molecule has 0 radical (unpaired) electrons. The molecule has 1 aromatic carbocycles. The monoisotopic (exact) mass is 465 g/mol. The number of allylic oxidation sites excluding steroid dienone is 2. The lowest BCUT2D eigenvalue weighted by Gasteiger charge is -2.35. The van der Waals surface area contributed by atoms with Crippen molar-refractivity contribution in [3.63, 3.8) is 0 Å². The number of furan rings is 1. The number of benzene rings is 1. The van der Waals surface area contributed by atoms with Crippen molar-refractivity contribution in [3.05, 3.63) is 58.7 Å². The number of esters is 1. The molecule has 1 aliphatic carbocycles. The van der Waals surface area contributed by atoms with Gasteiger partial charge in [0.15, 0.2) is 17.3 Å². The first kappa shape index (κ1) is 23.8. The average Bonchev–Trinajstić information content (AvgIpc) is 3.26. The summed E-state index contributed by atoms with van der Waals surface area (Å²) in [5.74, 6) is 0.917. The van der Waals surface area contributed by atoms with Gasteiger partial charge in [-0.3, -0.25) is 14.6 Å². The second kappa shape index (κ2) is 9.87. The molecule has 2 heterocycles. The smallest absolute Gasteiger partial charge is 0.315 e. The number of aliphatic imine (C=N–C) groups is 1. The Kier molecular flexibility index (Phi) is 6.91. The molecular weight excluding hydrogens is 434 g/mol. The molecule has 3 atom stereocenters. The zero-order valence-corrected chi connectivity index (χ0v) is 20.3. The molecule has 1 aliphatic heterocycles. The fraction of sp³-hybridized carbons (Fsp3) is 0.444. The molecular formula is C27H31NO6. The third kappa shape index (κ3) is 4.39. The summed E-state index contributed by atoms with van der Waals surface area (Å²) in [4.78, 5) is 31.4. The molecule has 1 aromatic heterocycles. The van der Waals surface area contributed by atoms with Crippen LogP contribution in [-0.2, 0) is 14.3 Å². The molecule has 34 heavy (non-hydrogen) atoms. The van der Waals surface area contributed by atoms with Crippen LogP contribution in [0.25, 0.3) is 0 Å². The van der Waals surface area contributed by atoms with Crippen LogP contribution in [0.1, 0.15) is 62.0 Å². The number of aryl methyl sites for hydroxylation is 1. The molecule has 0 N–H and O–H groups in total. The van der Waals surface area contributed by atoms with Crippen molar-refractivity contribution in [1.29, 1.82) is 0 Å². The Bertz CT molecular complexity index is 1160. The zero-order chi connectivity index (χ0) is 24.4. The van der Waals surface area contributed by atoms with Crippen molar-refractivity contribution in [1.82, 2.24) is 0 Å². The minimum Gasteiger partial charge on any atom is -0.493 e. The van der Waals surface area contributed by atoms with Gasteiger partial charge in [-0.05, 0) is 62.4 Å². The second-order valence-electron chi connectivity index (χ2n) is 8.83. The van der Waals surface area contributed by atoms with Crippen LogP contribution in [-0.4, -0.2) is 38.3 Å². The molecule has 7 heteroatoms. The number of ketones is 1. The number of ether oxygens (including phenoxy) is 3. The van der Waals surface area contributed by atoms with Gasteiger partial charge in [0, 0.05) is 23.4 Å². The number of hydrogen-bond acceptors (Lipinski definition) is 7. The Morgan fingerprint density at radius 2 is 1.85 bits per heavy atom.